The molecule has 16 heavy (non-hydrogen) atoms. The minimum atomic E-state index is -0.331. The topological polar surface area (TPSA) is 61.4 Å². The molecule has 0 aliphatic rings. The van der Waals surface area contributed by atoms with E-state index in [0.29, 0.717) is 5.69 Å². The third-order valence-corrected chi connectivity index (χ3v) is 2.36. The van der Waals surface area contributed by atoms with Crippen LogP contribution in [-0.4, -0.2) is 18.2 Å². The van der Waals surface area contributed by atoms with Gasteiger partial charge in [0.2, 0.25) is 0 Å². The number of hydrogen-bond donors (Lipinski definition) is 3. The summed E-state index contributed by atoms with van der Waals surface area (Å²) in [5, 5.41) is 14.6. The Morgan fingerprint density at radius 1 is 1.44 bits per heavy atom. The van der Waals surface area contributed by atoms with E-state index < -0.39 is 0 Å². The zero-order valence-electron chi connectivity index (χ0n) is 9.71. The first kappa shape index (κ1) is 12.4. The van der Waals surface area contributed by atoms with Crippen LogP contribution in [0.2, 0.25) is 0 Å². The van der Waals surface area contributed by atoms with Gasteiger partial charge in [-0.1, -0.05) is 19.4 Å². The molecule has 0 atom stereocenters. The monoisotopic (exact) mass is 222 g/mol. The van der Waals surface area contributed by atoms with Crippen LogP contribution in [0, 0.1) is 0 Å². The van der Waals surface area contributed by atoms with E-state index >= 15 is 0 Å². The van der Waals surface area contributed by atoms with E-state index in [0.717, 1.165) is 24.8 Å². The highest BCUT2D eigenvalue weighted by atomic mass is 16.3. The number of anilines is 1. The Morgan fingerprint density at radius 2 is 2.19 bits per heavy atom. The van der Waals surface area contributed by atoms with Gasteiger partial charge < -0.3 is 15.7 Å². The van der Waals surface area contributed by atoms with Gasteiger partial charge in [0.1, 0.15) is 5.75 Å². The highest BCUT2D eigenvalue weighted by Gasteiger charge is 2.05. The first-order valence-corrected chi connectivity index (χ1v) is 5.48. The number of amides is 2. The summed E-state index contributed by atoms with van der Waals surface area (Å²) in [7, 11) is 1.54. The highest BCUT2D eigenvalue weighted by molar-refractivity contribution is 5.90. The maximum atomic E-state index is 11.1. The van der Waals surface area contributed by atoms with Crippen LogP contribution in [0.5, 0.6) is 5.75 Å². The quantitative estimate of drug-likeness (QED) is 0.685. The van der Waals surface area contributed by atoms with Crippen molar-refractivity contribution in [1.82, 2.24) is 5.32 Å². The number of benzene rings is 1. The molecule has 0 spiro atoms. The van der Waals surface area contributed by atoms with Gasteiger partial charge in [0.15, 0.2) is 0 Å². The summed E-state index contributed by atoms with van der Waals surface area (Å²) in [5.74, 6) is 0.0869. The number of aryl methyl sites for hydroxylation is 1. The van der Waals surface area contributed by atoms with Gasteiger partial charge in [-0.2, -0.15) is 0 Å². The standard InChI is InChI=1S/C12H18N2O2/c1-3-4-5-9-6-7-11(15)10(8-9)14-12(16)13-2/h6-8,15H,3-5H2,1-2H3,(H2,13,14,16). The number of carbonyl (C=O) groups excluding carboxylic acids is 1. The molecule has 0 heterocycles. The van der Waals surface area contributed by atoms with Crippen LogP contribution in [0.15, 0.2) is 18.2 Å². The summed E-state index contributed by atoms with van der Waals surface area (Å²) in [4.78, 5) is 11.1. The molecule has 0 radical (unpaired) electrons. The lowest BCUT2D eigenvalue weighted by atomic mass is 10.1. The predicted octanol–water partition coefficient (Wildman–Crippen LogP) is 2.49. The van der Waals surface area contributed by atoms with Gasteiger partial charge >= 0.3 is 6.03 Å². The number of phenolic OH excluding ortho intramolecular Hbond substituents is 1. The number of nitrogens with one attached hydrogen (secondary N) is 2. The third kappa shape index (κ3) is 3.46. The van der Waals surface area contributed by atoms with E-state index in [1.165, 1.54) is 7.05 Å². The summed E-state index contributed by atoms with van der Waals surface area (Å²) >= 11 is 0. The van der Waals surface area contributed by atoms with Crippen LogP contribution in [0.3, 0.4) is 0 Å². The molecule has 4 nitrogen and oxygen atoms in total. The zero-order valence-corrected chi connectivity index (χ0v) is 9.71. The minimum Gasteiger partial charge on any atom is -0.506 e. The molecule has 88 valence electrons. The van der Waals surface area contributed by atoms with Crippen molar-refractivity contribution >= 4 is 11.7 Å². The van der Waals surface area contributed by atoms with E-state index in [4.69, 9.17) is 0 Å². The first-order valence-electron chi connectivity index (χ1n) is 5.48. The molecular formula is C12H18N2O2. The van der Waals surface area contributed by atoms with Crippen molar-refractivity contribution in [3.63, 3.8) is 0 Å². The van der Waals surface area contributed by atoms with E-state index in [2.05, 4.69) is 17.6 Å². The second-order valence-corrected chi connectivity index (χ2v) is 3.66. The van der Waals surface area contributed by atoms with Crippen molar-refractivity contribution in [3.8, 4) is 5.75 Å². The largest absolute Gasteiger partial charge is 0.506 e. The molecular weight excluding hydrogens is 204 g/mol. The van der Waals surface area contributed by atoms with Crippen LogP contribution < -0.4 is 10.6 Å². The summed E-state index contributed by atoms with van der Waals surface area (Å²) < 4.78 is 0. The van der Waals surface area contributed by atoms with E-state index in [-0.39, 0.29) is 11.8 Å². The molecule has 0 aromatic heterocycles. The number of phenols is 1. The lowest BCUT2D eigenvalue weighted by Crippen LogP contribution is -2.24. The Morgan fingerprint density at radius 3 is 2.81 bits per heavy atom. The smallest absolute Gasteiger partial charge is 0.319 e. The van der Waals surface area contributed by atoms with Gasteiger partial charge in [0, 0.05) is 7.05 Å². The second kappa shape index (κ2) is 6.00. The fourth-order valence-electron chi connectivity index (χ4n) is 1.40. The number of carbonyl (C=O) groups is 1. The molecule has 0 saturated heterocycles. The minimum absolute atomic E-state index is 0.0869. The van der Waals surface area contributed by atoms with Crippen molar-refractivity contribution in [3.05, 3.63) is 23.8 Å². The van der Waals surface area contributed by atoms with E-state index in [1.807, 2.05) is 6.07 Å². The third-order valence-electron chi connectivity index (χ3n) is 2.36. The lowest BCUT2D eigenvalue weighted by molar-refractivity contribution is 0.254. The summed E-state index contributed by atoms with van der Waals surface area (Å²) in [5.41, 5.74) is 1.57. The highest BCUT2D eigenvalue weighted by Crippen LogP contribution is 2.24. The molecule has 1 rings (SSSR count). The number of rotatable bonds is 4. The average Bonchev–Trinajstić information content (AvgIpc) is 2.30. The Balaban J connectivity index is 2.77. The van der Waals surface area contributed by atoms with Gasteiger partial charge in [0.05, 0.1) is 5.69 Å². The van der Waals surface area contributed by atoms with Crippen molar-refractivity contribution in [2.75, 3.05) is 12.4 Å². The Hall–Kier alpha value is -1.71. The number of hydrogen-bond acceptors (Lipinski definition) is 2. The average molecular weight is 222 g/mol. The van der Waals surface area contributed by atoms with Gasteiger partial charge in [-0.15, -0.1) is 0 Å². The Kier molecular flexibility index (Phi) is 4.64. The van der Waals surface area contributed by atoms with Crippen molar-refractivity contribution < 1.29 is 9.90 Å². The number of aromatic hydroxyl groups is 1. The van der Waals surface area contributed by atoms with Gasteiger partial charge in [-0.3, -0.25) is 0 Å². The van der Waals surface area contributed by atoms with Crippen LogP contribution in [0.25, 0.3) is 0 Å². The second-order valence-electron chi connectivity index (χ2n) is 3.66. The fraction of sp³-hybridized carbons (Fsp3) is 0.417. The number of urea groups is 1. The van der Waals surface area contributed by atoms with Gasteiger partial charge in [0.25, 0.3) is 0 Å². The van der Waals surface area contributed by atoms with Crippen LogP contribution in [0.4, 0.5) is 10.5 Å². The van der Waals surface area contributed by atoms with Crippen LogP contribution in [-0.2, 0) is 6.42 Å². The van der Waals surface area contributed by atoms with Crippen LogP contribution in [0.1, 0.15) is 25.3 Å². The van der Waals surface area contributed by atoms with Crippen molar-refractivity contribution in [2.45, 2.75) is 26.2 Å². The zero-order chi connectivity index (χ0) is 12.0. The normalized spacial score (nSPS) is 9.88. The summed E-state index contributed by atoms with van der Waals surface area (Å²) in [6.07, 6.45) is 3.18. The Labute approximate surface area is 95.7 Å². The predicted molar refractivity (Wildman–Crippen MR) is 64.8 cm³/mol. The maximum Gasteiger partial charge on any atom is 0.319 e. The summed E-state index contributed by atoms with van der Waals surface area (Å²) in [6.45, 7) is 2.13. The van der Waals surface area contributed by atoms with Crippen molar-refractivity contribution in [1.29, 1.82) is 0 Å². The van der Waals surface area contributed by atoms with Gasteiger partial charge in [-0.05, 0) is 30.5 Å². The van der Waals surface area contributed by atoms with Crippen molar-refractivity contribution in [2.24, 2.45) is 0 Å². The molecule has 1 aromatic rings. The molecule has 2 amide bonds. The molecule has 0 saturated carbocycles. The lowest BCUT2D eigenvalue weighted by Gasteiger charge is -2.08. The summed E-state index contributed by atoms with van der Waals surface area (Å²) in [6, 6.07) is 4.96. The van der Waals surface area contributed by atoms with E-state index in [1.54, 1.807) is 12.1 Å². The van der Waals surface area contributed by atoms with Gasteiger partial charge in [-0.25, -0.2) is 4.79 Å². The number of unbranched alkanes of at least 4 members (excludes halogenated alkanes) is 1. The maximum absolute atomic E-state index is 11.1. The SMILES string of the molecule is CCCCc1ccc(O)c(NC(=O)NC)c1. The molecule has 1 aromatic carbocycles. The van der Waals surface area contributed by atoms with E-state index in [9.17, 15) is 9.90 Å². The fourth-order valence-corrected chi connectivity index (χ4v) is 1.40. The molecule has 0 aliphatic heterocycles. The molecule has 0 unspecified atom stereocenters. The van der Waals surface area contributed by atoms with Crippen LogP contribution >= 0.6 is 0 Å². The Bertz CT molecular complexity index is 364. The molecule has 0 aliphatic carbocycles. The molecule has 0 bridgehead atoms. The molecule has 0 fully saturated rings. The first-order chi connectivity index (χ1) is 7.67. The molecule has 4 heteroatoms. The molecule has 3 N–H and O–H groups in total.